The fourth-order valence-electron chi connectivity index (χ4n) is 1.17. The predicted octanol–water partition coefficient (Wildman–Crippen LogP) is 2.61. The first-order valence-electron chi connectivity index (χ1n) is 4.75. The van der Waals surface area contributed by atoms with Crippen LogP contribution in [0.3, 0.4) is 0 Å². The zero-order chi connectivity index (χ0) is 11.3. The molecular weight excluding hydrogens is 188 g/mol. The topological polar surface area (TPSA) is 30.2 Å². The van der Waals surface area contributed by atoms with E-state index in [4.69, 9.17) is 4.42 Å². The lowest BCUT2D eigenvalue weighted by Gasteiger charge is -2.14. The standard InChI is InChI=1S/C13H14O2/c1-4-11(14)7-8-13(2,3)10-12-6-5-9-15-12/h4-6,9H,1,10H2,2-3H3. The van der Waals surface area contributed by atoms with Gasteiger partial charge in [0.1, 0.15) is 5.76 Å². The van der Waals surface area contributed by atoms with Crippen molar-refractivity contribution in [3.05, 3.63) is 36.8 Å². The molecule has 15 heavy (non-hydrogen) atoms. The van der Waals surface area contributed by atoms with Crippen LogP contribution in [0, 0.1) is 17.3 Å². The molecule has 0 atom stereocenters. The highest BCUT2D eigenvalue weighted by atomic mass is 16.3. The average molecular weight is 202 g/mol. The van der Waals surface area contributed by atoms with E-state index in [1.807, 2.05) is 26.0 Å². The Morgan fingerprint density at radius 1 is 1.67 bits per heavy atom. The molecule has 1 aromatic heterocycles. The third-order valence-corrected chi connectivity index (χ3v) is 1.91. The minimum atomic E-state index is -0.267. The highest BCUT2D eigenvalue weighted by molar-refractivity contribution is 6.03. The monoisotopic (exact) mass is 202 g/mol. The van der Waals surface area contributed by atoms with Crippen molar-refractivity contribution in [1.29, 1.82) is 0 Å². The number of hydrogen-bond donors (Lipinski definition) is 0. The number of furan rings is 1. The molecule has 0 fully saturated rings. The van der Waals surface area contributed by atoms with E-state index < -0.39 is 0 Å². The van der Waals surface area contributed by atoms with Gasteiger partial charge in [0.25, 0.3) is 0 Å². The van der Waals surface area contributed by atoms with Gasteiger partial charge in [0.15, 0.2) is 0 Å². The smallest absolute Gasteiger partial charge is 0.228 e. The molecule has 0 aliphatic heterocycles. The second kappa shape index (κ2) is 4.65. The summed E-state index contributed by atoms with van der Waals surface area (Å²) in [6, 6.07) is 3.74. The summed E-state index contributed by atoms with van der Waals surface area (Å²) in [5.74, 6) is 6.08. The van der Waals surface area contributed by atoms with E-state index in [2.05, 4.69) is 18.4 Å². The summed E-state index contributed by atoms with van der Waals surface area (Å²) in [4.78, 5) is 10.9. The van der Waals surface area contributed by atoms with Crippen molar-refractivity contribution in [2.24, 2.45) is 5.41 Å². The molecular formula is C13H14O2. The number of allylic oxidation sites excluding steroid dienone is 1. The van der Waals surface area contributed by atoms with Crippen molar-refractivity contribution < 1.29 is 9.21 Å². The Morgan fingerprint density at radius 3 is 2.93 bits per heavy atom. The van der Waals surface area contributed by atoms with E-state index in [1.165, 1.54) is 6.08 Å². The molecule has 0 saturated heterocycles. The van der Waals surface area contributed by atoms with E-state index in [0.717, 1.165) is 5.76 Å². The van der Waals surface area contributed by atoms with Crippen LogP contribution in [0.2, 0.25) is 0 Å². The third-order valence-electron chi connectivity index (χ3n) is 1.91. The fraction of sp³-hybridized carbons (Fsp3) is 0.308. The molecule has 0 spiro atoms. The van der Waals surface area contributed by atoms with Gasteiger partial charge in [-0.3, -0.25) is 4.79 Å². The molecule has 0 aromatic carbocycles. The van der Waals surface area contributed by atoms with Crippen LogP contribution in [0.1, 0.15) is 19.6 Å². The lowest BCUT2D eigenvalue weighted by Crippen LogP contribution is -2.12. The van der Waals surface area contributed by atoms with Crippen LogP contribution >= 0.6 is 0 Å². The van der Waals surface area contributed by atoms with Crippen molar-refractivity contribution in [1.82, 2.24) is 0 Å². The Bertz CT molecular complexity index is 399. The summed E-state index contributed by atoms with van der Waals surface area (Å²) in [5.41, 5.74) is -0.267. The number of ketones is 1. The van der Waals surface area contributed by atoms with Gasteiger partial charge in [-0.15, -0.1) is 0 Å². The Labute approximate surface area is 90.0 Å². The van der Waals surface area contributed by atoms with E-state index in [-0.39, 0.29) is 11.2 Å². The SMILES string of the molecule is C=CC(=O)C#CC(C)(C)Cc1ccco1. The Kier molecular flexibility index (Phi) is 3.51. The number of hydrogen-bond acceptors (Lipinski definition) is 2. The second-order valence-electron chi connectivity index (χ2n) is 3.96. The van der Waals surface area contributed by atoms with Gasteiger partial charge in [0.05, 0.1) is 6.26 Å². The van der Waals surface area contributed by atoms with Crippen LogP contribution in [0.5, 0.6) is 0 Å². The largest absolute Gasteiger partial charge is 0.469 e. The molecule has 0 aliphatic rings. The molecule has 0 amide bonds. The van der Waals surface area contributed by atoms with Gasteiger partial charge in [0.2, 0.25) is 5.78 Å². The summed E-state index contributed by atoms with van der Waals surface area (Å²) < 4.78 is 5.23. The Hall–Kier alpha value is -1.75. The maximum atomic E-state index is 10.9. The maximum Gasteiger partial charge on any atom is 0.228 e. The second-order valence-corrected chi connectivity index (χ2v) is 3.96. The van der Waals surface area contributed by atoms with Crippen molar-refractivity contribution in [2.45, 2.75) is 20.3 Å². The fourth-order valence-corrected chi connectivity index (χ4v) is 1.17. The lowest BCUT2D eigenvalue weighted by molar-refractivity contribution is -0.109. The summed E-state index contributed by atoms with van der Waals surface area (Å²) in [5, 5.41) is 0. The van der Waals surface area contributed by atoms with Gasteiger partial charge in [-0.2, -0.15) is 0 Å². The Morgan fingerprint density at radius 2 is 2.40 bits per heavy atom. The van der Waals surface area contributed by atoms with Crippen molar-refractivity contribution >= 4 is 5.78 Å². The van der Waals surface area contributed by atoms with Crippen molar-refractivity contribution in [3.8, 4) is 11.8 Å². The summed E-state index contributed by atoms with van der Waals surface area (Å²) >= 11 is 0. The first-order valence-corrected chi connectivity index (χ1v) is 4.75. The normalized spacial score (nSPS) is 10.3. The number of carbonyl (C=O) groups excluding carboxylic acids is 1. The first kappa shape index (κ1) is 11.3. The van der Waals surface area contributed by atoms with Gasteiger partial charge in [0, 0.05) is 11.8 Å². The van der Waals surface area contributed by atoms with Crippen molar-refractivity contribution in [2.75, 3.05) is 0 Å². The molecule has 2 nitrogen and oxygen atoms in total. The molecule has 1 rings (SSSR count). The molecule has 1 aromatic rings. The van der Waals surface area contributed by atoms with Gasteiger partial charge in [-0.1, -0.05) is 12.5 Å². The van der Waals surface area contributed by atoms with Crippen LogP contribution in [-0.4, -0.2) is 5.78 Å². The highest BCUT2D eigenvalue weighted by Gasteiger charge is 2.16. The van der Waals surface area contributed by atoms with E-state index in [1.54, 1.807) is 6.26 Å². The molecule has 0 N–H and O–H groups in total. The average Bonchev–Trinajstić information content (AvgIpc) is 2.66. The predicted molar refractivity (Wildman–Crippen MR) is 59.2 cm³/mol. The minimum absolute atomic E-state index is 0.248. The van der Waals surface area contributed by atoms with Gasteiger partial charge in [-0.05, 0) is 38.0 Å². The van der Waals surface area contributed by atoms with Gasteiger partial charge >= 0.3 is 0 Å². The summed E-state index contributed by atoms with van der Waals surface area (Å²) in [6.45, 7) is 7.31. The Balaban J connectivity index is 2.69. The van der Waals surface area contributed by atoms with E-state index in [0.29, 0.717) is 6.42 Å². The molecule has 0 aliphatic carbocycles. The molecule has 0 radical (unpaired) electrons. The molecule has 0 saturated carbocycles. The van der Waals surface area contributed by atoms with Gasteiger partial charge < -0.3 is 4.42 Å². The molecule has 0 bridgehead atoms. The lowest BCUT2D eigenvalue weighted by atomic mass is 9.89. The molecule has 78 valence electrons. The van der Waals surface area contributed by atoms with Crippen LogP contribution in [-0.2, 0) is 11.2 Å². The minimum Gasteiger partial charge on any atom is -0.469 e. The quantitative estimate of drug-likeness (QED) is 0.428. The number of carbonyl (C=O) groups is 1. The molecule has 2 heteroatoms. The summed E-state index contributed by atoms with van der Waals surface area (Å²) in [6.07, 6.45) is 3.54. The zero-order valence-electron chi connectivity index (χ0n) is 9.04. The zero-order valence-corrected chi connectivity index (χ0v) is 9.04. The van der Waals surface area contributed by atoms with Crippen LogP contribution in [0.15, 0.2) is 35.5 Å². The van der Waals surface area contributed by atoms with Crippen LogP contribution in [0.25, 0.3) is 0 Å². The van der Waals surface area contributed by atoms with Crippen LogP contribution in [0.4, 0.5) is 0 Å². The van der Waals surface area contributed by atoms with Crippen molar-refractivity contribution in [3.63, 3.8) is 0 Å². The van der Waals surface area contributed by atoms with E-state index in [9.17, 15) is 4.79 Å². The van der Waals surface area contributed by atoms with E-state index >= 15 is 0 Å². The van der Waals surface area contributed by atoms with Crippen LogP contribution < -0.4 is 0 Å². The third kappa shape index (κ3) is 3.86. The molecule has 1 heterocycles. The highest BCUT2D eigenvalue weighted by Crippen LogP contribution is 2.20. The summed E-state index contributed by atoms with van der Waals surface area (Å²) in [7, 11) is 0. The first-order chi connectivity index (χ1) is 7.03. The maximum absolute atomic E-state index is 10.9. The number of rotatable bonds is 3. The molecule has 0 unspecified atom stereocenters. The van der Waals surface area contributed by atoms with Gasteiger partial charge in [-0.25, -0.2) is 0 Å².